The zero-order valence-corrected chi connectivity index (χ0v) is 20.1. The van der Waals surface area contributed by atoms with Crippen LogP contribution in [0.3, 0.4) is 0 Å². The van der Waals surface area contributed by atoms with Crippen LogP contribution in [-0.4, -0.2) is 47.6 Å². The molecular formula is C14H17N3Na2O7S. The second-order valence-electron chi connectivity index (χ2n) is 5.09. The van der Waals surface area contributed by atoms with Gasteiger partial charge >= 0.3 is 59.1 Å². The van der Waals surface area contributed by atoms with Gasteiger partial charge in [-0.25, -0.2) is 12.7 Å². The number of carboxylic acids is 1. The van der Waals surface area contributed by atoms with Crippen LogP contribution in [0, 0.1) is 0 Å². The van der Waals surface area contributed by atoms with Crippen LogP contribution >= 0.6 is 0 Å². The van der Waals surface area contributed by atoms with Gasteiger partial charge in [-0.1, -0.05) is 24.3 Å². The van der Waals surface area contributed by atoms with Gasteiger partial charge in [0.25, 0.3) is 5.91 Å². The minimum Gasteiger partial charge on any atom is -0.731 e. The predicted molar refractivity (Wildman–Crippen MR) is 82.1 cm³/mol. The molecule has 0 bridgehead atoms. The van der Waals surface area contributed by atoms with Gasteiger partial charge in [0.15, 0.2) is 10.3 Å². The van der Waals surface area contributed by atoms with Crippen molar-refractivity contribution >= 4 is 28.1 Å². The molecule has 1 unspecified atom stereocenters. The van der Waals surface area contributed by atoms with Gasteiger partial charge in [-0.2, -0.15) is 0 Å². The van der Waals surface area contributed by atoms with E-state index in [0.29, 0.717) is 0 Å². The van der Waals surface area contributed by atoms with Crippen LogP contribution in [0.2, 0.25) is 0 Å². The molecule has 0 radical (unpaired) electrons. The quantitative estimate of drug-likeness (QED) is 0.270. The van der Waals surface area contributed by atoms with E-state index in [2.05, 4.69) is 5.32 Å². The summed E-state index contributed by atoms with van der Waals surface area (Å²) in [5.74, 6) is -2.43. The summed E-state index contributed by atoms with van der Waals surface area (Å²) >= 11 is 0. The van der Waals surface area contributed by atoms with E-state index in [9.17, 15) is 22.6 Å². The van der Waals surface area contributed by atoms with Gasteiger partial charge in [0.1, 0.15) is 6.04 Å². The molecule has 0 saturated carbocycles. The van der Waals surface area contributed by atoms with Gasteiger partial charge in [0, 0.05) is 12.5 Å². The number of carboxylic acid groups (broad SMARTS) is 1. The Morgan fingerprint density at radius 1 is 1.26 bits per heavy atom. The van der Waals surface area contributed by atoms with Crippen LogP contribution in [0.15, 0.2) is 24.3 Å². The molecule has 1 saturated heterocycles. The smallest absolute Gasteiger partial charge is 0.731 e. The molecule has 1 heterocycles. The summed E-state index contributed by atoms with van der Waals surface area (Å²) < 4.78 is 32.1. The summed E-state index contributed by atoms with van der Waals surface area (Å²) in [4.78, 5) is 32.2. The number of amides is 2. The molecule has 1 aliphatic heterocycles. The van der Waals surface area contributed by atoms with E-state index in [1.807, 2.05) is 0 Å². The average Bonchev–Trinajstić information content (AvgIpc) is 2.49. The van der Waals surface area contributed by atoms with Crippen molar-refractivity contribution in [2.24, 2.45) is 5.73 Å². The van der Waals surface area contributed by atoms with E-state index in [-0.39, 0.29) is 82.9 Å². The van der Waals surface area contributed by atoms with Crippen molar-refractivity contribution in [3.05, 3.63) is 35.4 Å². The first-order chi connectivity index (χ1) is 11.6. The number of benzene rings is 1. The maximum absolute atomic E-state index is 11.8. The first-order valence-corrected chi connectivity index (χ1v) is 8.44. The fraction of sp³-hybridized carbons (Fsp3) is 0.357. The van der Waals surface area contributed by atoms with Crippen LogP contribution < -0.4 is 75.3 Å². The van der Waals surface area contributed by atoms with Gasteiger partial charge < -0.3 is 25.5 Å². The second kappa shape index (κ2) is 12.9. The maximum atomic E-state index is 11.8. The largest absolute Gasteiger partial charge is 1.00 e. The van der Waals surface area contributed by atoms with E-state index >= 15 is 0 Å². The molecule has 1 atom stereocenters. The first-order valence-electron chi connectivity index (χ1n) is 7.07. The van der Waals surface area contributed by atoms with E-state index in [1.165, 1.54) is 0 Å². The van der Waals surface area contributed by atoms with Gasteiger partial charge in [0.05, 0.1) is 13.0 Å². The van der Waals surface area contributed by atoms with Crippen molar-refractivity contribution in [2.75, 3.05) is 6.54 Å². The number of nitrogens with zero attached hydrogens (tertiary/aromatic N) is 1. The van der Waals surface area contributed by atoms with Gasteiger partial charge in [-0.05, 0) is 18.1 Å². The summed E-state index contributed by atoms with van der Waals surface area (Å²) in [5.41, 5.74) is 7.11. The number of aliphatic carboxylic acids is 1. The second-order valence-corrected chi connectivity index (χ2v) is 6.38. The van der Waals surface area contributed by atoms with Crippen molar-refractivity contribution in [2.45, 2.75) is 25.9 Å². The Kier molecular flexibility index (Phi) is 13.7. The molecule has 13 heteroatoms. The Hall–Kier alpha value is -0.500. The molecular weight excluding hydrogens is 400 g/mol. The Balaban J connectivity index is 0. The van der Waals surface area contributed by atoms with Crippen molar-refractivity contribution in [3.63, 3.8) is 0 Å². The van der Waals surface area contributed by atoms with E-state index in [4.69, 9.17) is 15.6 Å². The molecule has 3 N–H and O–H groups in total. The molecule has 1 aliphatic rings. The van der Waals surface area contributed by atoms with Gasteiger partial charge in [-0.3, -0.25) is 9.59 Å². The van der Waals surface area contributed by atoms with Crippen molar-refractivity contribution in [1.29, 1.82) is 0 Å². The monoisotopic (exact) mass is 417 g/mol. The number of β-lactam (4-membered cyclic amide) rings is 1. The Morgan fingerprint density at radius 2 is 1.74 bits per heavy atom. The maximum Gasteiger partial charge on any atom is 1.00 e. The molecule has 0 aromatic heterocycles. The van der Waals surface area contributed by atoms with Crippen molar-refractivity contribution in [3.8, 4) is 0 Å². The normalized spacial score (nSPS) is 15.1. The van der Waals surface area contributed by atoms with Crippen LogP contribution in [0.5, 0.6) is 0 Å². The molecule has 1 aromatic rings. The Bertz CT molecular complexity index is 770. The summed E-state index contributed by atoms with van der Waals surface area (Å²) in [7, 11) is -4.79. The summed E-state index contributed by atoms with van der Waals surface area (Å²) in [6, 6.07) is 6.14. The number of carbonyl (C=O) groups is 3. The molecule has 10 nitrogen and oxygen atoms in total. The third-order valence-corrected chi connectivity index (χ3v) is 4.06. The van der Waals surface area contributed by atoms with E-state index in [1.54, 1.807) is 24.3 Å². The van der Waals surface area contributed by atoms with Gasteiger partial charge in [-0.15, -0.1) is 0 Å². The number of nitrogens with two attached hydrogens (primary N) is 1. The SMILES string of the molecule is CC(=O)[O-].NCc1ccccc1CC(=O)NC1CN(S(=O)(=O)[O-])C1=O.[Na+].[Na+]. The summed E-state index contributed by atoms with van der Waals surface area (Å²) in [6.07, 6.45) is 0.0290. The zero-order chi connectivity index (χ0) is 19.2. The minimum absolute atomic E-state index is 0. The third kappa shape index (κ3) is 9.50. The average molecular weight is 417 g/mol. The molecule has 2 amide bonds. The first kappa shape index (κ1) is 28.7. The number of carbonyl (C=O) groups excluding carboxylic acids is 3. The van der Waals surface area contributed by atoms with E-state index in [0.717, 1.165) is 18.1 Å². The third-order valence-electron chi connectivity index (χ3n) is 3.19. The van der Waals surface area contributed by atoms with Crippen LogP contribution in [0.25, 0.3) is 0 Å². The number of hydrogen-bond acceptors (Lipinski definition) is 8. The molecule has 1 fully saturated rings. The molecule has 2 rings (SSSR count). The molecule has 138 valence electrons. The van der Waals surface area contributed by atoms with Gasteiger partial charge in [0.2, 0.25) is 5.91 Å². The molecule has 27 heavy (non-hydrogen) atoms. The minimum atomic E-state index is -4.79. The molecule has 1 aromatic carbocycles. The van der Waals surface area contributed by atoms with Crippen molar-refractivity contribution < 1.29 is 91.6 Å². The summed E-state index contributed by atoms with van der Waals surface area (Å²) in [5, 5.41) is 11.3. The number of nitrogens with one attached hydrogen (secondary N) is 1. The Morgan fingerprint density at radius 3 is 2.15 bits per heavy atom. The molecule has 0 aliphatic carbocycles. The van der Waals surface area contributed by atoms with E-state index < -0.39 is 34.1 Å². The number of hydrogen-bond donors (Lipinski definition) is 2. The number of rotatable bonds is 5. The fourth-order valence-corrected chi connectivity index (χ4v) is 2.73. The summed E-state index contributed by atoms with van der Waals surface area (Å²) in [6.45, 7) is 0.933. The van der Waals surface area contributed by atoms with Crippen molar-refractivity contribution in [1.82, 2.24) is 9.62 Å². The predicted octanol–water partition coefficient (Wildman–Crippen LogP) is -8.76. The Labute approximate surface area is 201 Å². The van der Waals surface area contributed by atoms with Crippen LogP contribution in [0.1, 0.15) is 18.1 Å². The topological polar surface area (TPSA) is 173 Å². The van der Waals surface area contributed by atoms with Crippen LogP contribution in [-0.2, 0) is 37.7 Å². The molecule has 0 spiro atoms. The standard InChI is InChI=1S/C12H15N3O5S.C2H4O2.2Na/c13-6-9-4-2-1-3-8(9)5-11(16)14-10-7-15(12(10)17)21(18,19)20;1-2(3)4;;/h1-4,10H,5-7,13H2,(H,14,16)(H,18,19,20);1H3,(H,3,4);;/q;;2*+1/p-2. The fourth-order valence-electron chi connectivity index (χ4n) is 2.05. The zero-order valence-electron chi connectivity index (χ0n) is 15.3. The van der Waals surface area contributed by atoms with Crippen LogP contribution in [0.4, 0.5) is 0 Å².